The van der Waals surface area contributed by atoms with Crippen LogP contribution in [-0.2, 0) is 4.79 Å². The standard InChI is InChI=1S/C15H22Cl2N2O2/c1-10(2)19(3)5-4-18-15(21)9-14(20)11-6-12(16)8-13(17)7-11/h6-8,10,14,20H,4-5,9H2,1-3H3,(H,18,21). The number of hydrogen-bond donors (Lipinski definition) is 2. The van der Waals surface area contributed by atoms with E-state index in [1.807, 2.05) is 7.05 Å². The lowest BCUT2D eigenvalue weighted by Gasteiger charge is -2.21. The second-order valence-electron chi connectivity index (χ2n) is 5.35. The van der Waals surface area contributed by atoms with Crippen LogP contribution in [0.3, 0.4) is 0 Å². The number of amides is 1. The molecule has 1 atom stereocenters. The minimum atomic E-state index is -0.913. The van der Waals surface area contributed by atoms with Crippen LogP contribution in [0.2, 0.25) is 10.0 Å². The predicted molar refractivity (Wildman–Crippen MR) is 86.8 cm³/mol. The number of benzene rings is 1. The van der Waals surface area contributed by atoms with E-state index in [2.05, 4.69) is 24.1 Å². The third kappa shape index (κ3) is 6.66. The first-order valence-electron chi connectivity index (χ1n) is 6.90. The van der Waals surface area contributed by atoms with Gasteiger partial charge in [-0.2, -0.15) is 0 Å². The Balaban J connectivity index is 2.43. The predicted octanol–water partition coefficient (Wildman–Crippen LogP) is 2.87. The number of likely N-dealkylation sites (N-methyl/N-ethyl adjacent to an activating group) is 1. The third-order valence-corrected chi connectivity index (χ3v) is 3.75. The van der Waals surface area contributed by atoms with E-state index in [0.717, 1.165) is 6.54 Å². The minimum absolute atomic E-state index is 0.0118. The van der Waals surface area contributed by atoms with Gasteiger partial charge in [0.15, 0.2) is 0 Å². The molecule has 0 radical (unpaired) electrons. The van der Waals surface area contributed by atoms with Crippen molar-refractivity contribution in [1.29, 1.82) is 0 Å². The molecule has 0 aliphatic heterocycles. The van der Waals surface area contributed by atoms with Gasteiger partial charge in [0.25, 0.3) is 0 Å². The minimum Gasteiger partial charge on any atom is -0.388 e. The van der Waals surface area contributed by atoms with Crippen LogP contribution in [0.1, 0.15) is 31.9 Å². The molecule has 6 heteroatoms. The quantitative estimate of drug-likeness (QED) is 0.807. The highest BCUT2D eigenvalue weighted by molar-refractivity contribution is 6.34. The van der Waals surface area contributed by atoms with Gasteiger partial charge in [-0.05, 0) is 44.7 Å². The molecule has 4 nitrogen and oxygen atoms in total. The number of carbonyl (C=O) groups excluding carboxylic acids is 1. The van der Waals surface area contributed by atoms with Crippen LogP contribution < -0.4 is 5.32 Å². The Morgan fingerprint density at radius 3 is 2.38 bits per heavy atom. The van der Waals surface area contributed by atoms with Crippen molar-refractivity contribution in [2.45, 2.75) is 32.4 Å². The van der Waals surface area contributed by atoms with Crippen molar-refractivity contribution in [2.75, 3.05) is 20.1 Å². The van der Waals surface area contributed by atoms with Crippen LogP contribution in [-0.4, -0.2) is 42.1 Å². The second-order valence-corrected chi connectivity index (χ2v) is 6.22. The first-order valence-corrected chi connectivity index (χ1v) is 7.66. The fourth-order valence-electron chi connectivity index (χ4n) is 1.76. The van der Waals surface area contributed by atoms with Gasteiger partial charge in [0.05, 0.1) is 12.5 Å². The SMILES string of the molecule is CC(C)N(C)CCNC(=O)CC(O)c1cc(Cl)cc(Cl)c1. The number of rotatable bonds is 7. The van der Waals surface area contributed by atoms with E-state index in [0.29, 0.717) is 28.2 Å². The number of hydrogen-bond acceptors (Lipinski definition) is 3. The van der Waals surface area contributed by atoms with Crippen molar-refractivity contribution in [3.63, 3.8) is 0 Å². The fraction of sp³-hybridized carbons (Fsp3) is 0.533. The molecular weight excluding hydrogens is 311 g/mol. The summed E-state index contributed by atoms with van der Waals surface area (Å²) in [6.07, 6.45) is -0.925. The van der Waals surface area contributed by atoms with E-state index in [-0.39, 0.29) is 12.3 Å². The number of halogens is 2. The molecule has 1 aromatic rings. The molecule has 1 rings (SSSR count). The van der Waals surface area contributed by atoms with Crippen molar-refractivity contribution < 1.29 is 9.90 Å². The average Bonchev–Trinajstić information content (AvgIpc) is 2.37. The number of carbonyl (C=O) groups is 1. The molecule has 2 N–H and O–H groups in total. The summed E-state index contributed by atoms with van der Waals surface area (Å²) in [5.74, 6) is -0.198. The zero-order valence-electron chi connectivity index (χ0n) is 12.6. The maximum absolute atomic E-state index is 11.8. The topological polar surface area (TPSA) is 52.6 Å². The Morgan fingerprint density at radius 1 is 1.29 bits per heavy atom. The van der Waals surface area contributed by atoms with Crippen molar-refractivity contribution in [3.05, 3.63) is 33.8 Å². The smallest absolute Gasteiger partial charge is 0.223 e. The molecule has 0 aliphatic rings. The highest BCUT2D eigenvalue weighted by Crippen LogP contribution is 2.25. The van der Waals surface area contributed by atoms with Crippen LogP contribution in [0.15, 0.2) is 18.2 Å². The van der Waals surface area contributed by atoms with E-state index in [4.69, 9.17) is 23.2 Å². The second kappa shape index (κ2) is 8.59. The summed E-state index contributed by atoms with van der Waals surface area (Å²) in [4.78, 5) is 13.9. The normalized spacial score (nSPS) is 12.8. The first-order chi connectivity index (χ1) is 9.79. The maximum Gasteiger partial charge on any atom is 0.223 e. The molecule has 0 fully saturated rings. The van der Waals surface area contributed by atoms with Crippen LogP contribution in [0.25, 0.3) is 0 Å². The van der Waals surface area contributed by atoms with Gasteiger partial charge in [-0.25, -0.2) is 0 Å². The van der Waals surface area contributed by atoms with Gasteiger partial charge in [-0.3, -0.25) is 4.79 Å². The molecule has 0 aromatic heterocycles. The van der Waals surface area contributed by atoms with Crippen LogP contribution in [0.4, 0.5) is 0 Å². The molecule has 118 valence electrons. The number of aliphatic hydroxyl groups is 1. The monoisotopic (exact) mass is 332 g/mol. The Hall–Kier alpha value is -0.810. The van der Waals surface area contributed by atoms with Gasteiger partial charge in [0, 0.05) is 29.2 Å². The van der Waals surface area contributed by atoms with Gasteiger partial charge in [0.1, 0.15) is 0 Å². The molecule has 0 saturated heterocycles. The summed E-state index contributed by atoms with van der Waals surface area (Å²) in [6.45, 7) is 5.50. The van der Waals surface area contributed by atoms with Crippen LogP contribution in [0, 0.1) is 0 Å². The highest BCUT2D eigenvalue weighted by Gasteiger charge is 2.14. The lowest BCUT2D eigenvalue weighted by Crippen LogP contribution is -2.36. The summed E-state index contributed by atoms with van der Waals surface area (Å²) in [7, 11) is 2.00. The molecule has 1 unspecified atom stereocenters. The third-order valence-electron chi connectivity index (χ3n) is 3.32. The van der Waals surface area contributed by atoms with Gasteiger partial charge >= 0.3 is 0 Å². The zero-order chi connectivity index (χ0) is 16.0. The molecule has 21 heavy (non-hydrogen) atoms. The average molecular weight is 333 g/mol. The van der Waals surface area contributed by atoms with E-state index >= 15 is 0 Å². The summed E-state index contributed by atoms with van der Waals surface area (Å²) in [5, 5.41) is 13.7. The summed E-state index contributed by atoms with van der Waals surface area (Å²) in [6, 6.07) is 5.23. The number of nitrogens with zero attached hydrogens (tertiary/aromatic N) is 1. The van der Waals surface area contributed by atoms with Crippen molar-refractivity contribution in [2.24, 2.45) is 0 Å². The number of nitrogens with one attached hydrogen (secondary N) is 1. The zero-order valence-corrected chi connectivity index (χ0v) is 14.1. The molecule has 0 aliphatic carbocycles. The summed E-state index contributed by atoms with van der Waals surface area (Å²) < 4.78 is 0. The summed E-state index contributed by atoms with van der Waals surface area (Å²) >= 11 is 11.8. The molecule has 0 bridgehead atoms. The first kappa shape index (κ1) is 18.2. The Morgan fingerprint density at radius 2 is 1.86 bits per heavy atom. The number of aliphatic hydroxyl groups excluding tert-OH is 1. The lowest BCUT2D eigenvalue weighted by molar-refractivity contribution is -0.123. The van der Waals surface area contributed by atoms with Crippen molar-refractivity contribution in [3.8, 4) is 0 Å². The fourth-order valence-corrected chi connectivity index (χ4v) is 2.31. The van der Waals surface area contributed by atoms with Crippen LogP contribution in [0.5, 0.6) is 0 Å². The largest absolute Gasteiger partial charge is 0.388 e. The lowest BCUT2D eigenvalue weighted by atomic mass is 10.1. The molecule has 0 saturated carbocycles. The van der Waals surface area contributed by atoms with Gasteiger partial charge in [0.2, 0.25) is 5.91 Å². The molecule has 0 spiro atoms. The molecule has 1 amide bonds. The Kier molecular flexibility index (Phi) is 7.46. The van der Waals surface area contributed by atoms with E-state index in [9.17, 15) is 9.90 Å². The summed E-state index contributed by atoms with van der Waals surface area (Å²) in [5.41, 5.74) is 0.543. The van der Waals surface area contributed by atoms with Crippen molar-refractivity contribution >= 4 is 29.1 Å². The van der Waals surface area contributed by atoms with Gasteiger partial charge in [-0.15, -0.1) is 0 Å². The van der Waals surface area contributed by atoms with E-state index in [1.165, 1.54) is 0 Å². The van der Waals surface area contributed by atoms with Crippen molar-refractivity contribution in [1.82, 2.24) is 10.2 Å². The van der Waals surface area contributed by atoms with E-state index < -0.39 is 6.10 Å². The molecule has 1 aromatic carbocycles. The molecule has 0 heterocycles. The van der Waals surface area contributed by atoms with E-state index in [1.54, 1.807) is 18.2 Å². The van der Waals surface area contributed by atoms with Gasteiger partial charge < -0.3 is 15.3 Å². The van der Waals surface area contributed by atoms with Crippen LogP contribution >= 0.6 is 23.2 Å². The Bertz CT molecular complexity index is 460. The highest BCUT2D eigenvalue weighted by atomic mass is 35.5. The molecular formula is C15H22Cl2N2O2. The van der Waals surface area contributed by atoms with Gasteiger partial charge in [-0.1, -0.05) is 23.2 Å². The maximum atomic E-state index is 11.8. The Labute approximate surface area is 136 Å².